The summed E-state index contributed by atoms with van der Waals surface area (Å²) in [5.74, 6) is 0.870. The van der Waals surface area contributed by atoms with Crippen LogP contribution in [0.25, 0.3) is 11.5 Å². The Kier molecular flexibility index (Phi) is 5.24. The average molecular weight is 396 g/mol. The van der Waals surface area contributed by atoms with Gasteiger partial charge in [0.05, 0.1) is 7.11 Å². The molecule has 0 spiro atoms. The van der Waals surface area contributed by atoms with Gasteiger partial charge in [-0.1, -0.05) is 5.16 Å². The fourth-order valence-electron chi connectivity index (χ4n) is 3.53. The van der Waals surface area contributed by atoms with Crippen LogP contribution < -0.4 is 4.74 Å². The highest BCUT2D eigenvalue weighted by Gasteiger charge is 2.33. The molecule has 1 amide bonds. The predicted molar refractivity (Wildman–Crippen MR) is 103 cm³/mol. The first-order valence-corrected chi connectivity index (χ1v) is 9.45. The number of hydrogen-bond acceptors (Lipinski definition) is 6. The van der Waals surface area contributed by atoms with Gasteiger partial charge in [-0.05, 0) is 50.1 Å². The van der Waals surface area contributed by atoms with Crippen molar-refractivity contribution in [3.63, 3.8) is 0 Å². The van der Waals surface area contributed by atoms with Crippen molar-refractivity contribution in [2.24, 2.45) is 0 Å². The van der Waals surface area contributed by atoms with Gasteiger partial charge in [-0.25, -0.2) is 9.37 Å². The van der Waals surface area contributed by atoms with Gasteiger partial charge in [-0.3, -0.25) is 4.79 Å². The third-order valence-corrected chi connectivity index (χ3v) is 5.23. The smallest absolute Gasteiger partial charge is 0.257 e. The first kappa shape index (κ1) is 19.0. The van der Waals surface area contributed by atoms with Gasteiger partial charge in [0.25, 0.3) is 11.8 Å². The monoisotopic (exact) mass is 396 g/mol. The third-order valence-electron chi connectivity index (χ3n) is 5.23. The number of benzene rings is 1. The standard InChI is InChI=1S/C21H21FN4O3/c1-13-3-4-16(12-26(13)21(27)15-9-10-23-18(11-15)28-2)19-24-20(29-25-19)14-5-7-17(22)8-6-14/h5-11,13,16H,3-4,12H2,1-2H3. The van der Waals surface area contributed by atoms with E-state index in [0.29, 0.717) is 35.3 Å². The Morgan fingerprint density at radius 3 is 2.79 bits per heavy atom. The number of likely N-dealkylation sites (tertiary alicyclic amines) is 1. The molecular formula is C21H21FN4O3. The SMILES string of the molecule is COc1cc(C(=O)N2CC(c3noc(-c4ccc(F)cc4)n3)CCC2C)ccn1. The maximum Gasteiger partial charge on any atom is 0.257 e. The number of carbonyl (C=O) groups excluding carboxylic acids is 1. The molecule has 1 saturated heterocycles. The van der Waals surface area contributed by atoms with Crippen molar-refractivity contribution >= 4 is 5.91 Å². The van der Waals surface area contributed by atoms with Gasteiger partial charge in [-0.2, -0.15) is 4.98 Å². The molecule has 1 aromatic carbocycles. The lowest BCUT2D eigenvalue weighted by molar-refractivity contribution is 0.0604. The first-order chi connectivity index (χ1) is 14.0. The van der Waals surface area contributed by atoms with E-state index < -0.39 is 0 Å². The molecule has 0 aliphatic carbocycles. The zero-order valence-electron chi connectivity index (χ0n) is 16.2. The summed E-state index contributed by atoms with van der Waals surface area (Å²) in [5, 5.41) is 4.11. The number of piperidine rings is 1. The van der Waals surface area contributed by atoms with Crippen LogP contribution in [0.2, 0.25) is 0 Å². The molecule has 0 N–H and O–H groups in total. The summed E-state index contributed by atoms with van der Waals surface area (Å²) in [4.78, 5) is 23.4. The van der Waals surface area contributed by atoms with E-state index in [1.165, 1.54) is 19.2 Å². The van der Waals surface area contributed by atoms with E-state index in [1.807, 2.05) is 11.8 Å². The summed E-state index contributed by atoms with van der Waals surface area (Å²) in [7, 11) is 1.52. The molecule has 8 heteroatoms. The predicted octanol–water partition coefficient (Wildman–Crippen LogP) is 3.69. The highest BCUT2D eigenvalue weighted by Crippen LogP contribution is 2.31. The average Bonchev–Trinajstić information content (AvgIpc) is 3.24. The van der Waals surface area contributed by atoms with Crippen molar-refractivity contribution < 1.29 is 18.4 Å². The van der Waals surface area contributed by atoms with E-state index in [0.717, 1.165) is 12.8 Å². The Bertz CT molecular complexity index is 1010. The minimum atomic E-state index is -0.323. The second-order valence-corrected chi connectivity index (χ2v) is 7.13. The molecule has 1 aliphatic rings. The number of pyridine rings is 1. The zero-order chi connectivity index (χ0) is 20.4. The maximum atomic E-state index is 13.1. The highest BCUT2D eigenvalue weighted by molar-refractivity contribution is 5.94. The largest absolute Gasteiger partial charge is 0.481 e. The molecule has 0 bridgehead atoms. The van der Waals surface area contributed by atoms with E-state index in [4.69, 9.17) is 9.26 Å². The lowest BCUT2D eigenvalue weighted by Gasteiger charge is -2.37. The van der Waals surface area contributed by atoms with E-state index in [1.54, 1.807) is 30.5 Å². The van der Waals surface area contributed by atoms with E-state index in [9.17, 15) is 9.18 Å². The van der Waals surface area contributed by atoms with Crippen LogP contribution in [0.4, 0.5) is 4.39 Å². The molecule has 1 aliphatic heterocycles. The van der Waals surface area contributed by atoms with Gasteiger partial charge >= 0.3 is 0 Å². The molecule has 7 nitrogen and oxygen atoms in total. The van der Waals surface area contributed by atoms with Crippen LogP contribution in [0, 0.1) is 5.82 Å². The van der Waals surface area contributed by atoms with Crippen molar-refractivity contribution in [1.29, 1.82) is 0 Å². The minimum absolute atomic E-state index is 0.0307. The maximum absolute atomic E-state index is 13.1. The summed E-state index contributed by atoms with van der Waals surface area (Å²) >= 11 is 0. The molecular weight excluding hydrogens is 375 g/mol. The van der Waals surface area contributed by atoms with Crippen LogP contribution in [-0.2, 0) is 0 Å². The number of methoxy groups -OCH3 is 1. The Labute approximate surface area is 167 Å². The fraction of sp³-hybridized carbons (Fsp3) is 0.333. The third kappa shape index (κ3) is 3.96. The molecule has 3 heterocycles. The highest BCUT2D eigenvalue weighted by atomic mass is 19.1. The number of halogens is 1. The van der Waals surface area contributed by atoms with E-state index in [-0.39, 0.29) is 23.7 Å². The minimum Gasteiger partial charge on any atom is -0.481 e. The topological polar surface area (TPSA) is 81.4 Å². The number of hydrogen-bond donors (Lipinski definition) is 0. The fourth-order valence-corrected chi connectivity index (χ4v) is 3.53. The summed E-state index contributed by atoms with van der Waals surface area (Å²) in [6, 6.07) is 9.32. The quantitative estimate of drug-likeness (QED) is 0.669. The molecule has 3 aromatic rings. The molecule has 29 heavy (non-hydrogen) atoms. The Morgan fingerprint density at radius 1 is 1.24 bits per heavy atom. The zero-order valence-corrected chi connectivity index (χ0v) is 16.2. The van der Waals surface area contributed by atoms with Crippen LogP contribution in [-0.4, -0.2) is 45.6 Å². The second kappa shape index (κ2) is 7.98. The number of rotatable bonds is 4. The normalized spacial score (nSPS) is 19.2. The lowest BCUT2D eigenvalue weighted by atomic mass is 9.92. The number of aromatic nitrogens is 3. The van der Waals surface area contributed by atoms with Crippen LogP contribution >= 0.6 is 0 Å². The van der Waals surface area contributed by atoms with Crippen molar-refractivity contribution in [1.82, 2.24) is 20.0 Å². The Morgan fingerprint density at radius 2 is 2.03 bits per heavy atom. The number of ether oxygens (including phenoxy) is 1. The first-order valence-electron chi connectivity index (χ1n) is 9.45. The number of carbonyl (C=O) groups is 1. The van der Waals surface area contributed by atoms with Crippen LogP contribution in [0.15, 0.2) is 47.1 Å². The second-order valence-electron chi connectivity index (χ2n) is 7.13. The van der Waals surface area contributed by atoms with Crippen LogP contribution in [0.3, 0.4) is 0 Å². The van der Waals surface area contributed by atoms with Gasteiger partial charge in [0, 0.05) is 41.9 Å². The molecule has 0 saturated carbocycles. The van der Waals surface area contributed by atoms with Crippen molar-refractivity contribution in [3.05, 3.63) is 59.8 Å². The van der Waals surface area contributed by atoms with E-state index >= 15 is 0 Å². The number of nitrogens with zero attached hydrogens (tertiary/aromatic N) is 4. The molecule has 150 valence electrons. The molecule has 2 atom stereocenters. The Hall–Kier alpha value is -3.29. The van der Waals surface area contributed by atoms with Crippen LogP contribution in [0.5, 0.6) is 5.88 Å². The Balaban J connectivity index is 1.53. The summed E-state index contributed by atoms with van der Waals surface area (Å²) in [5.41, 5.74) is 1.19. The molecule has 2 aromatic heterocycles. The lowest BCUT2D eigenvalue weighted by Crippen LogP contribution is -2.45. The summed E-state index contributed by atoms with van der Waals surface area (Å²) < 4.78 is 23.6. The van der Waals surface area contributed by atoms with E-state index in [2.05, 4.69) is 15.1 Å². The van der Waals surface area contributed by atoms with Gasteiger partial charge in [0.2, 0.25) is 5.88 Å². The van der Waals surface area contributed by atoms with Gasteiger partial charge in [0.1, 0.15) is 5.82 Å². The summed E-state index contributed by atoms with van der Waals surface area (Å²) in [6.45, 7) is 2.53. The molecule has 1 fully saturated rings. The van der Waals surface area contributed by atoms with Crippen molar-refractivity contribution in [2.75, 3.05) is 13.7 Å². The molecule has 4 rings (SSSR count). The van der Waals surface area contributed by atoms with Gasteiger partial charge in [-0.15, -0.1) is 0 Å². The number of amides is 1. The molecule has 0 radical (unpaired) electrons. The molecule has 2 unspecified atom stereocenters. The van der Waals surface area contributed by atoms with Crippen molar-refractivity contribution in [3.8, 4) is 17.3 Å². The van der Waals surface area contributed by atoms with Crippen molar-refractivity contribution in [2.45, 2.75) is 31.7 Å². The summed E-state index contributed by atoms with van der Waals surface area (Å²) in [6.07, 6.45) is 3.25. The van der Waals surface area contributed by atoms with Gasteiger partial charge < -0.3 is 14.2 Å². The van der Waals surface area contributed by atoms with Gasteiger partial charge in [0.15, 0.2) is 5.82 Å². The van der Waals surface area contributed by atoms with Crippen LogP contribution in [0.1, 0.15) is 41.9 Å².